The Morgan fingerprint density at radius 1 is 1.21 bits per heavy atom. The molecule has 0 aliphatic carbocycles. The van der Waals surface area contributed by atoms with Gasteiger partial charge in [-0.15, -0.1) is 0 Å². The molecule has 28 heavy (non-hydrogen) atoms. The molecule has 3 aromatic rings. The second-order valence-corrected chi connectivity index (χ2v) is 6.17. The highest BCUT2D eigenvalue weighted by Gasteiger charge is 2.07. The lowest BCUT2D eigenvalue weighted by Crippen LogP contribution is -2.28. The van der Waals surface area contributed by atoms with Crippen LogP contribution in [0.2, 0.25) is 0 Å². The molecule has 0 fully saturated rings. The summed E-state index contributed by atoms with van der Waals surface area (Å²) in [5.41, 5.74) is 3.33. The van der Waals surface area contributed by atoms with Crippen LogP contribution in [0.25, 0.3) is 16.7 Å². The van der Waals surface area contributed by atoms with Gasteiger partial charge in [-0.2, -0.15) is 0 Å². The standard InChI is InChI=1S/C19H20N8S/c1-2-23-19(28)27-17-6-5-15-18(26-17)25-16(12-24-15)14(8-20)11-22-10-13-4-3-7-21-9-13/h3-9,11-12,20,22H,2,10H2,1H3,(H2,23,25,26,27,28)/b14-11+,20-8?. The molecule has 0 saturated heterocycles. The summed E-state index contributed by atoms with van der Waals surface area (Å²) in [4.78, 5) is 17.5. The van der Waals surface area contributed by atoms with E-state index in [4.69, 9.17) is 17.6 Å². The first-order valence-corrected chi connectivity index (χ1v) is 9.12. The molecule has 0 aliphatic rings. The molecule has 0 aromatic carbocycles. The lowest BCUT2D eigenvalue weighted by molar-refractivity contribution is 0.865. The molecule has 3 aromatic heterocycles. The zero-order valence-corrected chi connectivity index (χ0v) is 16.1. The Morgan fingerprint density at radius 3 is 2.86 bits per heavy atom. The van der Waals surface area contributed by atoms with Gasteiger partial charge in [0, 0.05) is 43.5 Å². The number of hydrogen-bond donors (Lipinski definition) is 4. The minimum absolute atomic E-state index is 0.474. The van der Waals surface area contributed by atoms with E-state index in [0.717, 1.165) is 12.1 Å². The number of nitrogens with one attached hydrogen (secondary N) is 4. The van der Waals surface area contributed by atoms with E-state index in [1.165, 1.54) is 6.21 Å². The van der Waals surface area contributed by atoms with Crippen molar-refractivity contribution in [3.8, 4) is 0 Å². The van der Waals surface area contributed by atoms with Gasteiger partial charge in [0.1, 0.15) is 11.3 Å². The summed E-state index contributed by atoms with van der Waals surface area (Å²) in [6.07, 6.45) is 8.11. The summed E-state index contributed by atoms with van der Waals surface area (Å²) in [6, 6.07) is 7.48. The average Bonchev–Trinajstić information content (AvgIpc) is 2.71. The van der Waals surface area contributed by atoms with Crippen LogP contribution < -0.4 is 16.0 Å². The van der Waals surface area contributed by atoms with Crippen LogP contribution in [0.4, 0.5) is 5.82 Å². The predicted octanol–water partition coefficient (Wildman–Crippen LogP) is 2.51. The number of hydrogen-bond acceptors (Lipinski definition) is 7. The molecule has 0 radical (unpaired) electrons. The predicted molar refractivity (Wildman–Crippen MR) is 115 cm³/mol. The highest BCUT2D eigenvalue weighted by molar-refractivity contribution is 7.80. The fourth-order valence-corrected chi connectivity index (χ4v) is 2.65. The van der Waals surface area contributed by atoms with Crippen LogP contribution in [0.3, 0.4) is 0 Å². The highest BCUT2D eigenvalue weighted by Crippen LogP contribution is 2.15. The van der Waals surface area contributed by atoms with Gasteiger partial charge < -0.3 is 21.4 Å². The van der Waals surface area contributed by atoms with Gasteiger partial charge >= 0.3 is 0 Å². The van der Waals surface area contributed by atoms with Gasteiger partial charge in [0.2, 0.25) is 0 Å². The summed E-state index contributed by atoms with van der Waals surface area (Å²) < 4.78 is 0. The molecule has 0 aliphatic heterocycles. The number of aromatic nitrogens is 4. The average molecular weight is 392 g/mol. The van der Waals surface area contributed by atoms with Gasteiger partial charge in [0.25, 0.3) is 0 Å². The second-order valence-electron chi connectivity index (χ2n) is 5.77. The van der Waals surface area contributed by atoms with Crippen LogP contribution in [0.1, 0.15) is 18.2 Å². The summed E-state index contributed by atoms with van der Waals surface area (Å²) in [6.45, 7) is 3.29. The molecule has 9 heteroatoms. The van der Waals surface area contributed by atoms with Crippen LogP contribution in [0.15, 0.2) is 49.1 Å². The normalized spacial score (nSPS) is 11.1. The minimum Gasteiger partial charge on any atom is -0.386 e. The van der Waals surface area contributed by atoms with Crippen LogP contribution in [0.5, 0.6) is 0 Å². The first-order chi connectivity index (χ1) is 13.7. The molecule has 3 heterocycles. The Labute approximate surface area is 168 Å². The van der Waals surface area contributed by atoms with E-state index in [2.05, 4.69) is 35.9 Å². The van der Waals surface area contributed by atoms with E-state index >= 15 is 0 Å². The third-order valence-electron chi connectivity index (χ3n) is 3.72. The Bertz CT molecular complexity index is 1000. The van der Waals surface area contributed by atoms with Gasteiger partial charge in [-0.3, -0.25) is 9.97 Å². The Kier molecular flexibility index (Phi) is 6.53. The summed E-state index contributed by atoms with van der Waals surface area (Å²) in [5, 5.41) is 17.4. The number of nitrogens with zero attached hydrogens (tertiary/aromatic N) is 4. The molecule has 0 bridgehead atoms. The lowest BCUT2D eigenvalue weighted by atomic mass is 10.2. The van der Waals surface area contributed by atoms with E-state index in [1.807, 2.05) is 25.1 Å². The fourth-order valence-electron chi connectivity index (χ4n) is 2.40. The van der Waals surface area contributed by atoms with Gasteiger partial charge in [0.15, 0.2) is 10.8 Å². The molecule has 0 spiro atoms. The third-order valence-corrected chi connectivity index (χ3v) is 3.97. The van der Waals surface area contributed by atoms with Crippen molar-refractivity contribution in [2.24, 2.45) is 0 Å². The molecule has 0 unspecified atom stereocenters. The quantitative estimate of drug-likeness (QED) is 0.358. The maximum Gasteiger partial charge on any atom is 0.180 e. The number of allylic oxidation sites excluding steroid dienone is 1. The van der Waals surface area contributed by atoms with Crippen molar-refractivity contribution in [1.29, 1.82) is 5.41 Å². The van der Waals surface area contributed by atoms with Crippen LogP contribution in [0, 0.1) is 5.41 Å². The Balaban J connectivity index is 1.79. The van der Waals surface area contributed by atoms with E-state index in [9.17, 15) is 0 Å². The maximum atomic E-state index is 7.70. The van der Waals surface area contributed by atoms with Crippen molar-refractivity contribution in [3.05, 3.63) is 60.3 Å². The van der Waals surface area contributed by atoms with Crippen molar-refractivity contribution < 1.29 is 0 Å². The van der Waals surface area contributed by atoms with Crippen molar-refractivity contribution in [1.82, 2.24) is 30.6 Å². The molecule has 3 rings (SSSR count). The first kappa shape index (κ1) is 19.3. The first-order valence-electron chi connectivity index (χ1n) is 8.71. The summed E-state index contributed by atoms with van der Waals surface area (Å²) in [7, 11) is 0. The van der Waals surface area contributed by atoms with E-state index < -0.39 is 0 Å². The highest BCUT2D eigenvalue weighted by atomic mass is 32.1. The van der Waals surface area contributed by atoms with E-state index in [0.29, 0.717) is 39.9 Å². The van der Waals surface area contributed by atoms with Crippen LogP contribution in [-0.2, 0) is 6.54 Å². The van der Waals surface area contributed by atoms with Crippen molar-refractivity contribution >= 4 is 46.1 Å². The van der Waals surface area contributed by atoms with Gasteiger partial charge in [0.05, 0.1) is 11.9 Å². The summed E-state index contributed by atoms with van der Waals surface area (Å²) >= 11 is 5.18. The molecule has 0 atom stereocenters. The maximum absolute atomic E-state index is 7.70. The summed E-state index contributed by atoms with van der Waals surface area (Å²) in [5.74, 6) is 0.583. The van der Waals surface area contributed by atoms with Crippen molar-refractivity contribution in [3.63, 3.8) is 0 Å². The molecular weight excluding hydrogens is 372 g/mol. The van der Waals surface area contributed by atoms with E-state index in [-0.39, 0.29) is 0 Å². The number of anilines is 1. The molecule has 8 nitrogen and oxygen atoms in total. The molecule has 0 saturated carbocycles. The molecule has 4 N–H and O–H groups in total. The number of thiocarbonyl (C=S) groups is 1. The van der Waals surface area contributed by atoms with Gasteiger partial charge in [-0.05, 0) is 42.9 Å². The fraction of sp³-hybridized carbons (Fsp3) is 0.158. The van der Waals surface area contributed by atoms with E-state index in [1.54, 1.807) is 30.9 Å². The Hall–Kier alpha value is -3.46. The lowest BCUT2D eigenvalue weighted by Gasteiger charge is -2.09. The van der Waals surface area contributed by atoms with Crippen molar-refractivity contribution in [2.45, 2.75) is 13.5 Å². The van der Waals surface area contributed by atoms with Crippen molar-refractivity contribution in [2.75, 3.05) is 11.9 Å². The second kappa shape index (κ2) is 9.47. The third kappa shape index (κ3) is 5.04. The zero-order chi connectivity index (χ0) is 19.8. The molecular formula is C19H20N8S. The van der Waals surface area contributed by atoms with Crippen LogP contribution >= 0.6 is 12.2 Å². The van der Waals surface area contributed by atoms with Gasteiger partial charge in [-0.1, -0.05) is 6.07 Å². The van der Waals surface area contributed by atoms with Crippen LogP contribution in [-0.4, -0.2) is 37.8 Å². The Morgan fingerprint density at radius 2 is 2.11 bits per heavy atom. The van der Waals surface area contributed by atoms with Gasteiger partial charge in [-0.25, -0.2) is 9.97 Å². The number of pyridine rings is 2. The minimum atomic E-state index is 0.474. The SMILES string of the molecule is CCNC(=S)Nc1ccc2ncc(/C(C=N)=C/NCc3cccnc3)nc2n1. The monoisotopic (exact) mass is 392 g/mol. The molecule has 0 amide bonds. The molecule has 142 valence electrons. The largest absolute Gasteiger partial charge is 0.386 e. The smallest absolute Gasteiger partial charge is 0.180 e. The topological polar surface area (TPSA) is 112 Å². The zero-order valence-electron chi connectivity index (χ0n) is 15.3. The number of fused-ring (bicyclic) bond motifs is 1. The number of rotatable bonds is 7.